The number of rotatable bonds is 1. The summed E-state index contributed by atoms with van der Waals surface area (Å²) in [6.45, 7) is 6.45. The van der Waals surface area contributed by atoms with Crippen LogP contribution in [0, 0.1) is 0 Å². The molecule has 92 valence electrons. The van der Waals surface area contributed by atoms with Crippen LogP contribution in [-0.2, 0) is 5.41 Å². The van der Waals surface area contributed by atoms with Gasteiger partial charge < -0.3 is 4.74 Å². The van der Waals surface area contributed by atoms with E-state index in [9.17, 15) is 0 Å². The van der Waals surface area contributed by atoms with Gasteiger partial charge in [-0.05, 0) is 25.1 Å². The van der Waals surface area contributed by atoms with Gasteiger partial charge in [-0.3, -0.25) is 9.98 Å². The molecule has 0 atom stereocenters. The van der Waals surface area contributed by atoms with E-state index in [1.165, 1.54) is 5.56 Å². The van der Waals surface area contributed by atoms with Crippen LogP contribution >= 0.6 is 0 Å². The third-order valence-corrected chi connectivity index (χ3v) is 3.90. The zero-order chi connectivity index (χ0) is 12.9. The summed E-state index contributed by atoms with van der Waals surface area (Å²) in [6.07, 6.45) is 1.95. The average molecular weight is 240 g/mol. The predicted octanol–water partition coefficient (Wildman–Crippen LogP) is 3.63. The number of nitrogens with zero attached hydrogens (tertiary/aromatic N) is 2. The Morgan fingerprint density at radius 3 is 2.72 bits per heavy atom. The minimum absolute atomic E-state index is 0.0282. The van der Waals surface area contributed by atoms with Crippen LogP contribution in [0.5, 0.6) is 5.75 Å². The lowest BCUT2D eigenvalue weighted by Gasteiger charge is -2.19. The van der Waals surface area contributed by atoms with Crippen molar-refractivity contribution in [2.75, 3.05) is 7.11 Å². The fourth-order valence-corrected chi connectivity index (χ4v) is 2.36. The molecule has 1 aliphatic heterocycles. The second-order valence-electron chi connectivity index (χ2n) is 5.23. The van der Waals surface area contributed by atoms with Crippen LogP contribution in [0.4, 0.5) is 5.69 Å². The maximum absolute atomic E-state index is 5.28. The topological polar surface area (TPSA) is 34.5 Å². The molecule has 1 aliphatic rings. The Labute approximate surface area is 107 Å². The number of methoxy groups -OCH3 is 1. The summed E-state index contributed by atoms with van der Waals surface area (Å²) in [5, 5.41) is 1.07. The van der Waals surface area contributed by atoms with Gasteiger partial charge in [-0.1, -0.05) is 13.8 Å². The highest BCUT2D eigenvalue weighted by Gasteiger charge is 2.33. The summed E-state index contributed by atoms with van der Waals surface area (Å²) < 4.78 is 5.28. The maximum atomic E-state index is 5.28. The molecule has 0 bridgehead atoms. The van der Waals surface area contributed by atoms with Gasteiger partial charge in [0.15, 0.2) is 0 Å². The Bertz CT molecular complexity index is 671. The van der Waals surface area contributed by atoms with Gasteiger partial charge >= 0.3 is 0 Å². The van der Waals surface area contributed by atoms with E-state index < -0.39 is 0 Å². The molecule has 1 aromatic carbocycles. The molecule has 2 aromatic rings. The van der Waals surface area contributed by atoms with Crippen LogP contribution in [0.2, 0.25) is 0 Å². The van der Waals surface area contributed by atoms with E-state index in [1.807, 2.05) is 24.4 Å². The molecule has 3 nitrogen and oxygen atoms in total. The monoisotopic (exact) mass is 240 g/mol. The summed E-state index contributed by atoms with van der Waals surface area (Å²) in [5.41, 5.74) is 4.31. The molecule has 0 unspecified atom stereocenters. The van der Waals surface area contributed by atoms with Gasteiger partial charge in [0.25, 0.3) is 0 Å². The first-order valence-electron chi connectivity index (χ1n) is 6.07. The molecule has 0 fully saturated rings. The van der Waals surface area contributed by atoms with Crippen molar-refractivity contribution in [3.63, 3.8) is 0 Å². The minimum Gasteiger partial charge on any atom is -0.497 e. The fraction of sp³-hybridized carbons (Fsp3) is 0.333. The molecule has 0 amide bonds. The lowest BCUT2D eigenvalue weighted by atomic mass is 9.83. The highest BCUT2D eigenvalue weighted by molar-refractivity contribution is 6.06. The number of ether oxygens (including phenoxy) is 1. The highest BCUT2D eigenvalue weighted by atomic mass is 16.5. The van der Waals surface area contributed by atoms with Crippen LogP contribution in [0.25, 0.3) is 10.9 Å². The van der Waals surface area contributed by atoms with E-state index in [0.717, 1.165) is 28.1 Å². The first-order chi connectivity index (χ1) is 8.54. The number of hydrogen-bond acceptors (Lipinski definition) is 3. The fourth-order valence-electron chi connectivity index (χ4n) is 2.36. The Kier molecular flexibility index (Phi) is 2.21. The van der Waals surface area contributed by atoms with Crippen molar-refractivity contribution in [1.82, 2.24) is 4.98 Å². The number of fused-ring (bicyclic) bond motifs is 3. The Balaban J connectivity index is 2.37. The number of aliphatic imine (C=N–C) groups is 1. The largest absolute Gasteiger partial charge is 0.497 e. The molecule has 18 heavy (non-hydrogen) atoms. The predicted molar refractivity (Wildman–Crippen MR) is 74.1 cm³/mol. The number of hydrogen-bond donors (Lipinski definition) is 0. The smallest absolute Gasteiger partial charge is 0.119 e. The van der Waals surface area contributed by atoms with Gasteiger partial charge in [-0.2, -0.15) is 0 Å². The zero-order valence-corrected chi connectivity index (χ0v) is 11.1. The molecule has 3 rings (SSSR count). The van der Waals surface area contributed by atoms with Crippen molar-refractivity contribution in [2.45, 2.75) is 26.2 Å². The second kappa shape index (κ2) is 3.55. The van der Waals surface area contributed by atoms with E-state index in [0.29, 0.717) is 0 Å². The van der Waals surface area contributed by atoms with E-state index in [1.54, 1.807) is 7.11 Å². The van der Waals surface area contributed by atoms with Gasteiger partial charge in [-0.15, -0.1) is 0 Å². The van der Waals surface area contributed by atoms with Crippen LogP contribution in [-0.4, -0.2) is 17.8 Å². The van der Waals surface area contributed by atoms with Crippen LogP contribution in [0.15, 0.2) is 29.4 Å². The molecule has 0 radical (unpaired) electrons. The Morgan fingerprint density at radius 2 is 2.00 bits per heavy atom. The first kappa shape index (κ1) is 11.2. The minimum atomic E-state index is -0.0282. The number of pyridine rings is 1. The molecule has 0 aliphatic carbocycles. The molecular weight excluding hydrogens is 224 g/mol. The molecule has 0 saturated heterocycles. The van der Waals surface area contributed by atoms with Crippen molar-refractivity contribution in [2.24, 2.45) is 4.99 Å². The molecular formula is C15H16N2O. The third kappa shape index (κ3) is 1.37. The molecule has 2 heterocycles. The van der Waals surface area contributed by atoms with E-state index in [4.69, 9.17) is 9.73 Å². The maximum Gasteiger partial charge on any atom is 0.119 e. The lowest BCUT2D eigenvalue weighted by Crippen LogP contribution is -2.22. The highest BCUT2D eigenvalue weighted by Crippen LogP contribution is 2.43. The van der Waals surface area contributed by atoms with Crippen molar-refractivity contribution in [3.8, 4) is 5.75 Å². The summed E-state index contributed by atoms with van der Waals surface area (Å²) in [7, 11) is 1.68. The summed E-state index contributed by atoms with van der Waals surface area (Å²) in [4.78, 5) is 9.26. The Hall–Kier alpha value is -1.90. The lowest BCUT2D eigenvalue weighted by molar-refractivity contribution is 0.415. The molecule has 3 heteroatoms. The van der Waals surface area contributed by atoms with Gasteiger partial charge in [-0.25, -0.2) is 0 Å². The zero-order valence-electron chi connectivity index (χ0n) is 11.1. The second-order valence-corrected chi connectivity index (χ2v) is 5.23. The van der Waals surface area contributed by atoms with Crippen molar-refractivity contribution < 1.29 is 4.74 Å². The Morgan fingerprint density at radius 1 is 1.22 bits per heavy atom. The molecule has 1 aromatic heterocycles. The summed E-state index contributed by atoms with van der Waals surface area (Å²) in [6, 6.07) is 5.92. The van der Waals surface area contributed by atoms with Gasteiger partial charge in [0.1, 0.15) is 5.75 Å². The SMILES string of the molecule is COc1ccc2ncc3c(c2c1)N=C(C)C3(C)C. The molecule has 0 spiro atoms. The third-order valence-electron chi connectivity index (χ3n) is 3.90. The van der Waals surface area contributed by atoms with Crippen molar-refractivity contribution in [3.05, 3.63) is 30.0 Å². The van der Waals surface area contributed by atoms with Crippen molar-refractivity contribution in [1.29, 1.82) is 0 Å². The average Bonchev–Trinajstić information content (AvgIpc) is 2.60. The van der Waals surface area contributed by atoms with E-state index in [2.05, 4.69) is 25.8 Å². The number of aromatic nitrogens is 1. The molecule has 0 N–H and O–H groups in total. The van der Waals surface area contributed by atoms with E-state index in [-0.39, 0.29) is 5.41 Å². The van der Waals surface area contributed by atoms with Gasteiger partial charge in [0.05, 0.1) is 18.3 Å². The van der Waals surface area contributed by atoms with Crippen LogP contribution in [0.3, 0.4) is 0 Å². The molecule has 0 saturated carbocycles. The first-order valence-corrected chi connectivity index (χ1v) is 6.07. The van der Waals surface area contributed by atoms with Crippen LogP contribution in [0.1, 0.15) is 26.3 Å². The summed E-state index contributed by atoms with van der Waals surface area (Å²) in [5.74, 6) is 0.843. The van der Waals surface area contributed by atoms with Gasteiger partial charge in [0.2, 0.25) is 0 Å². The van der Waals surface area contributed by atoms with E-state index >= 15 is 0 Å². The standard InChI is InChI=1S/C15H16N2O/c1-9-15(2,3)12-8-16-13-6-5-10(18-4)7-11(13)14(12)17-9/h5-8H,1-4H3. The summed E-state index contributed by atoms with van der Waals surface area (Å²) >= 11 is 0. The van der Waals surface area contributed by atoms with Gasteiger partial charge in [0, 0.05) is 28.3 Å². The number of benzene rings is 1. The normalized spacial score (nSPS) is 16.6. The van der Waals surface area contributed by atoms with Crippen LogP contribution < -0.4 is 4.74 Å². The quantitative estimate of drug-likeness (QED) is 0.762. The van der Waals surface area contributed by atoms with Crippen molar-refractivity contribution >= 4 is 22.3 Å².